The normalized spacial score (nSPS) is 11.9. The van der Waals surface area contributed by atoms with E-state index < -0.39 is 0 Å². The number of hydrogen-bond donors (Lipinski definition) is 1. The number of thiophene rings is 1. The molecule has 0 saturated heterocycles. The SMILES string of the molecule is Cl.N[C@@H](c1ccsc1)c1ccc(F)cc1Cl. The highest BCUT2D eigenvalue weighted by Crippen LogP contribution is 2.28. The van der Waals surface area contributed by atoms with Crippen LogP contribution in [0.4, 0.5) is 4.39 Å². The van der Waals surface area contributed by atoms with Gasteiger partial charge >= 0.3 is 0 Å². The zero-order chi connectivity index (χ0) is 10.8. The first-order valence-electron chi connectivity index (χ1n) is 4.41. The van der Waals surface area contributed by atoms with E-state index in [1.54, 1.807) is 17.4 Å². The van der Waals surface area contributed by atoms with Crippen molar-refractivity contribution in [1.82, 2.24) is 0 Å². The molecule has 0 aliphatic carbocycles. The predicted molar refractivity (Wildman–Crippen MR) is 69.0 cm³/mol. The van der Waals surface area contributed by atoms with Gasteiger partial charge < -0.3 is 5.73 Å². The summed E-state index contributed by atoms with van der Waals surface area (Å²) in [5.41, 5.74) is 7.75. The lowest BCUT2D eigenvalue weighted by molar-refractivity contribution is 0.626. The lowest BCUT2D eigenvalue weighted by atomic mass is 10.0. The molecule has 1 aromatic carbocycles. The van der Waals surface area contributed by atoms with Crippen molar-refractivity contribution < 1.29 is 4.39 Å². The highest BCUT2D eigenvalue weighted by molar-refractivity contribution is 7.08. The van der Waals surface area contributed by atoms with Crippen LogP contribution in [0.2, 0.25) is 5.02 Å². The van der Waals surface area contributed by atoms with Crippen molar-refractivity contribution in [1.29, 1.82) is 0 Å². The van der Waals surface area contributed by atoms with E-state index in [2.05, 4.69) is 0 Å². The van der Waals surface area contributed by atoms with Crippen molar-refractivity contribution >= 4 is 35.3 Å². The second-order valence-corrected chi connectivity index (χ2v) is 4.39. The molecule has 1 aromatic heterocycles. The van der Waals surface area contributed by atoms with Crippen molar-refractivity contribution in [3.63, 3.8) is 0 Å². The van der Waals surface area contributed by atoms with E-state index in [1.165, 1.54) is 12.1 Å². The van der Waals surface area contributed by atoms with Gasteiger partial charge in [-0.3, -0.25) is 0 Å². The lowest BCUT2D eigenvalue weighted by Gasteiger charge is -2.12. The fourth-order valence-corrected chi connectivity index (χ4v) is 2.37. The van der Waals surface area contributed by atoms with Crippen molar-refractivity contribution in [2.75, 3.05) is 0 Å². The Balaban J connectivity index is 0.00000128. The third-order valence-corrected chi connectivity index (χ3v) is 3.23. The van der Waals surface area contributed by atoms with Gasteiger partial charge in [0, 0.05) is 5.02 Å². The van der Waals surface area contributed by atoms with Gasteiger partial charge in [-0.25, -0.2) is 4.39 Å². The summed E-state index contributed by atoms with van der Waals surface area (Å²) in [4.78, 5) is 0. The number of hydrogen-bond acceptors (Lipinski definition) is 2. The molecule has 0 fully saturated rings. The largest absolute Gasteiger partial charge is 0.320 e. The van der Waals surface area contributed by atoms with Gasteiger partial charge in [0.05, 0.1) is 6.04 Å². The van der Waals surface area contributed by atoms with Crippen LogP contribution >= 0.6 is 35.3 Å². The Labute approximate surface area is 108 Å². The molecule has 1 heterocycles. The Morgan fingerprint density at radius 3 is 2.62 bits per heavy atom. The van der Waals surface area contributed by atoms with Gasteiger partial charge in [0.1, 0.15) is 5.82 Å². The minimum Gasteiger partial charge on any atom is -0.320 e. The van der Waals surface area contributed by atoms with E-state index in [0.717, 1.165) is 11.1 Å². The maximum atomic E-state index is 12.8. The molecule has 2 aromatic rings. The van der Waals surface area contributed by atoms with Crippen LogP contribution in [0.25, 0.3) is 0 Å². The smallest absolute Gasteiger partial charge is 0.124 e. The molecule has 1 atom stereocenters. The monoisotopic (exact) mass is 277 g/mol. The van der Waals surface area contributed by atoms with E-state index in [1.807, 2.05) is 16.8 Å². The molecule has 1 nitrogen and oxygen atoms in total. The fourth-order valence-electron chi connectivity index (χ4n) is 1.39. The number of halogens is 3. The second-order valence-electron chi connectivity index (χ2n) is 3.20. The van der Waals surface area contributed by atoms with Crippen LogP contribution in [0, 0.1) is 5.82 Å². The molecule has 5 heteroatoms. The molecular weight excluding hydrogens is 268 g/mol. The zero-order valence-corrected chi connectivity index (χ0v) is 10.6. The first kappa shape index (κ1) is 13.5. The molecule has 0 saturated carbocycles. The topological polar surface area (TPSA) is 26.0 Å². The van der Waals surface area contributed by atoms with Crippen molar-refractivity contribution in [2.24, 2.45) is 5.73 Å². The van der Waals surface area contributed by atoms with Crippen LogP contribution in [-0.4, -0.2) is 0 Å². The lowest BCUT2D eigenvalue weighted by Crippen LogP contribution is -2.11. The van der Waals surface area contributed by atoms with E-state index in [-0.39, 0.29) is 24.3 Å². The summed E-state index contributed by atoms with van der Waals surface area (Å²) in [5.74, 6) is -0.346. The zero-order valence-electron chi connectivity index (χ0n) is 8.19. The maximum absolute atomic E-state index is 12.8. The summed E-state index contributed by atoms with van der Waals surface area (Å²) in [6, 6.07) is 5.93. The molecule has 2 N–H and O–H groups in total. The Hall–Kier alpha value is -0.610. The molecule has 16 heavy (non-hydrogen) atoms. The average molecular weight is 278 g/mol. The fraction of sp³-hybridized carbons (Fsp3) is 0.0909. The number of rotatable bonds is 2. The van der Waals surface area contributed by atoms with Crippen LogP contribution in [0.15, 0.2) is 35.0 Å². The highest BCUT2D eigenvalue weighted by Gasteiger charge is 2.13. The van der Waals surface area contributed by atoms with Gasteiger partial charge in [-0.05, 0) is 40.1 Å². The van der Waals surface area contributed by atoms with Crippen LogP contribution in [0.1, 0.15) is 17.2 Å². The minimum absolute atomic E-state index is 0. The summed E-state index contributed by atoms with van der Waals surface area (Å²) in [6.07, 6.45) is 0. The molecule has 0 unspecified atom stereocenters. The van der Waals surface area contributed by atoms with Gasteiger partial charge in [0.15, 0.2) is 0 Å². The molecule has 0 aliphatic heterocycles. The van der Waals surface area contributed by atoms with Gasteiger partial charge in [-0.15, -0.1) is 12.4 Å². The third-order valence-electron chi connectivity index (χ3n) is 2.20. The van der Waals surface area contributed by atoms with Gasteiger partial charge in [0.25, 0.3) is 0 Å². The van der Waals surface area contributed by atoms with E-state index in [0.29, 0.717) is 5.02 Å². The van der Waals surface area contributed by atoms with Crippen LogP contribution in [0.5, 0.6) is 0 Å². The van der Waals surface area contributed by atoms with Gasteiger partial charge in [0.2, 0.25) is 0 Å². The summed E-state index contributed by atoms with van der Waals surface area (Å²) in [5, 5.41) is 4.28. The number of nitrogens with two attached hydrogens (primary N) is 1. The quantitative estimate of drug-likeness (QED) is 0.882. The van der Waals surface area contributed by atoms with Crippen molar-refractivity contribution in [3.05, 3.63) is 57.0 Å². The first-order chi connectivity index (χ1) is 7.18. The predicted octanol–water partition coefficient (Wildman–Crippen LogP) is 4.01. The Morgan fingerprint density at radius 2 is 2.06 bits per heavy atom. The molecule has 2 rings (SSSR count). The number of benzene rings is 1. The van der Waals surface area contributed by atoms with Crippen LogP contribution in [-0.2, 0) is 0 Å². The standard InChI is InChI=1S/C11H9ClFNS.ClH/c12-10-5-8(13)1-2-9(10)11(14)7-3-4-15-6-7;/h1-6,11H,14H2;1H/t11-;/m0./s1. The highest BCUT2D eigenvalue weighted by atomic mass is 35.5. The Kier molecular flexibility index (Phi) is 4.74. The van der Waals surface area contributed by atoms with Crippen LogP contribution < -0.4 is 5.73 Å². The summed E-state index contributed by atoms with van der Waals surface area (Å²) in [7, 11) is 0. The maximum Gasteiger partial charge on any atom is 0.124 e. The Bertz CT molecular complexity index is 459. The van der Waals surface area contributed by atoms with E-state index in [9.17, 15) is 4.39 Å². The van der Waals surface area contributed by atoms with E-state index >= 15 is 0 Å². The van der Waals surface area contributed by atoms with Crippen molar-refractivity contribution in [3.8, 4) is 0 Å². The van der Waals surface area contributed by atoms with Gasteiger partial charge in [-0.1, -0.05) is 17.7 Å². The molecule has 0 amide bonds. The Morgan fingerprint density at radius 1 is 1.31 bits per heavy atom. The molecule has 0 bridgehead atoms. The second kappa shape index (κ2) is 5.64. The third kappa shape index (κ3) is 2.74. The summed E-state index contributed by atoms with van der Waals surface area (Å²) in [6.45, 7) is 0. The summed E-state index contributed by atoms with van der Waals surface area (Å²) < 4.78 is 12.8. The summed E-state index contributed by atoms with van der Waals surface area (Å²) >= 11 is 7.50. The molecular formula is C11H10Cl2FNS. The minimum atomic E-state index is -0.346. The molecule has 86 valence electrons. The first-order valence-corrected chi connectivity index (χ1v) is 5.73. The average Bonchev–Trinajstić information content (AvgIpc) is 2.69. The van der Waals surface area contributed by atoms with Crippen molar-refractivity contribution in [2.45, 2.75) is 6.04 Å². The molecule has 0 aliphatic rings. The van der Waals surface area contributed by atoms with Gasteiger partial charge in [-0.2, -0.15) is 11.3 Å². The molecule has 0 spiro atoms. The molecule has 0 radical (unpaired) electrons. The van der Waals surface area contributed by atoms with E-state index in [4.69, 9.17) is 17.3 Å². The van der Waals surface area contributed by atoms with Crippen LogP contribution in [0.3, 0.4) is 0 Å².